The Morgan fingerprint density at radius 3 is 2.58 bits per heavy atom. The van der Waals surface area contributed by atoms with Gasteiger partial charge in [0.2, 0.25) is 5.91 Å². The zero-order chi connectivity index (χ0) is 25.8. The van der Waals surface area contributed by atoms with Crippen molar-refractivity contribution in [2.75, 3.05) is 25.5 Å². The normalized spacial score (nSPS) is 12.9. The van der Waals surface area contributed by atoms with Crippen molar-refractivity contribution >= 4 is 39.4 Å². The Hall–Kier alpha value is -3.94. The summed E-state index contributed by atoms with van der Waals surface area (Å²) in [5.74, 6) is -0.161. The van der Waals surface area contributed by atoms with Gasteiger partial charge in [-0.3, -0.25) is 9.79 Å². The van der Waals surface area contributed by atoms with Gasteiger partial charge in [-0.15, -0.1) is 0 Å². The standard InChI is InChI=1S/C28H32N4O4/c1-6-29-20-14-23-22(13-17(20)4)31-27-19-10-8-7-9-18(19)21(15-24(27)36-23)30-12-11-25(33)32-26(16(2)3)28(34)35-5/h7-10,13-16,26,29H,6,11-12H2,1-5H3,(H,32,33). The van der Waals surface area contributed by atoms with Gasteiger partial charge >= 0.3 is 5.97 Å². The lowest BCUT2D eigenvalue weighted by molar-refractivity contribution is -0.146. The average Bonchev–Trinajstić information content (AvgIpc) is 2.86. The van der Waals surface area contributed by atoms with Gasteiger partial charge in [0.05, 0.1) is 12.5 Å². The number of esters is 1. The quantitative estimate of drug-likeness (QED) is 0.216. The number of methoxy groups -OCH3 is 1. The average molecular weight is 489 g/mol. The molecule has 0 radical (unpaired) electrons. The van der Waals surface area contributed by atoms with Crippen molar-refractivity contribution in [3.8, 4) is 11.5 Å². The summed E-state index contributed by atoms with van der Waals surface area (Å²) in [6, 6.07) is 13.1. The summed E-state index contributed by atoms with van der Waals surface area (Å²) in [7, 11) is 1.31. The van der Waals surface area contributed by atoms with E-state index in [2.05, 4.69) is 17.6 Å². The molecule has 188 valence electrons. The van der Waals surface area contributed by atoms with Gasteiger partial charge in [-0.1, -0.05) is 38.1 Å². The van der Waals surface area contributed by atoms with Gasteiger partial charge in [-0.2, -0.15) is 0 Å². The van der Waals surface area contributed by atoms with Gasteiger partial charge in [-0.25, -0.2) is 9.78 Å². The fourth-order valence-electron chi connectivity index (χ4n) is 4.25. The third-order valence-electron chi connectivity index (χ3n) is 6.14. The first-order valence-electron chi connectivity index (χ1n) is 12.2. The molecule has 1 amide bonds. The van der Waals surface area contributed by atoms with E-state index in [9.17, 15) is 9.59 Å². The Morgan fingerprint density at radius 1 is 1.14 bits per heavy atom. The minimum absolute atomic E-state index is 0.0801. The third kappa shape index (κ3) is 5.17. The first-order chi connectivity index (χ1) is 17.3. The van der Waals surface area contributed by atoms with Gasteiger partial charge in [-0.05, 0) is 31.4 Å². The lowest BCUT2D eigenvalue weighted by atomic mass is 10.0. The fourth-order valence-corrected chi connectivity index (χ4v) is 4.25. The molecule has 8 nitrogen and oxygen atoms in total. The Balaban J connectivity index is 1.69. The second-order valence-corrected chi connectivity index (χ2v) is 9.11. The number of hydrogen-bond acceptors (Lipinski definition) is 7. The number of carbonyl (C=O) groups excluding carboxylic acids is 2. The number of aromatic nitrogens is 1. The third-order valence-corrected chi connectivity index (χ3v) is 6.14. The van der Waals surface area contributed by atoms with Crippen molar-refractivity contribution in [3.63, 3.8) is 0 Å². The smallest absolute Gasteiger partial charge is 0.328 e. The number of nitrogens with zero attached hydrogens (tertiary/aromatic N) is 2. The molecule has 1 aliphatic carbocycles. The Labute approximate surface area is 210 Å². The number of nitrogens with one attached hydrogen (secondary N) is 2. The van der Waals surface area contributed by atoms with Crippen molar-refractivity contribution in [2.24, 2.45) is 10.9 Å². The molecule has 2 aromatic rings. The predicted octanol–water partition coefficient (Wildman–Crippen LogP) is 4.43. The molecule has 0 spiro atoms. The molecule has 0 fully saturated rings. The van der Waals surface area contributed by atoms with Crippen LogP contribution in [0.25, 0.3) is 33.3 Å². The molecule has 1 aliphatic heterocycles. The van der Waals surface area contributed by atoms with E-state index in [1.165, 1.54) is 7.11 Å². The van der Waals surface area contributed by atoms with Crippen LogP contribution in [-0.4, -0.2) is 43.1 Å². The first kappa shape index (κ1) is 25.2. The van der Waals surface area contributed by atoms with Crippen molar-refractivity contribution in [2.45, 2.75) is 40.2 Å². The van der Waals surface area contributed by atoms with Crippen LogP contribution in [-0.2, 0) is 14.3 Å². The summed E-state index contributed by atoms with van der Waals surface area (Å²) in [6.07, 6.45) is 0.144. The lowest BCUT2D eigenvalue weighted by Crippen LogP contribution is -2.45. The Morgan fingerprint density at radius 2 is 1.89 bits per heavy atom. The molecule has 4 rings (SSSR count). The van der Waals surface area contributed by atoms with Crippen LogP contribution < -0.4 is 16.0 Å². The van der Waals surface area contributed by atoms with E-state index >= 15 is 0 Å². The number of anilines is 1. The van der Waals surface area contributed by atoms with Crippen LogP contribution in [0.5, 0.6) is 0 Å². The highest BCUT2D eigenvalue weighted by molar-refractivity contribution is 5.96. The van der Waals surface area contributed by atoms with E-state index in [-0.39, 0.29) is 24.8 Å². The maximum Gasteiger partial charge on any atom is 0.328 e. The number of carbonyl (C=O) groups is 2. The zero-order valence-electron chi connectivity index (χ0n) is 21.3. The van der Waals surface area contributed by atoms with E-state index in [0.717, 1.165) is 45.1 Å². The Kier molecular flexibility index (Phi) is 7.52. The second-order valence-electron chi connectivity index (χ2n) is 9.11. The van der Waals surface area contributed by atoms with E-state index in [1.807, 2.05) is 63.2 Å². The van der Waals surface area contributed by atoms with Crippen molar-refractivity contribution in [3.05, 3.63) is 53.4 Å². The fraction of sp³-hybridized carbons (Fsp3) is 0.357. The van der Waals surface area contributed by atoms with Crippen molar-refractivity contribution in [1.29, 1.82) is 0 Å². The predicted molar refractivity (Wildman–Crippen MR) is 141 cm³/mol. The van der Waals surface area contributed by atoms with Gasteiger partial charge in [0.1, 0.15) is 17.3 Å². The molecular weight excluding hydrogens is 456 g/mol. The number of ether oxygens (including phenoxy) is 1. The van der Waals surface area contributed by atoms with Crippen LogP contribution in [0.1, 0.15) is 32.8 Å². The van der Waals surface area contributed by atoms with Crippen LogP contribution >= 0.6 is 0 Å². The number of fused-ring (bicyclic) bond motifs is 4. The van der Waals surface area contributed by atoms with Gasteiger partial charge < -0.3 is 19.8 Å². The molecule has 0 saturated carbocycles. The van der Waals surface area contributed by atoms with E-state index in [4.69, 9.17) is 19.1 Å². The largest absolute Gasteiger partial charge is 0.467 e. The molecule has 1 heterocycles. The second kappa shape index (κ2) is 10.8. The highest BCUT2D eigenvalue weighted by Crippen LogP contribution is 2.32. The maximum absolute atomic E-state index is 12.5. The van der Waals surface area contributed by atoms with Crippen LogP contribution in [0.4, 0.5) is 5.69 Å². The maximum atomic E-state index is 12.5. The molecule has 0 aromatic heterocycles. The molecule has 2 aromatic carbocycles. The van der Waals surface area contributed by atoms with Crippen LogP contribution in [0.2, 0.25) is 0 Å². The Bertz CT molecular complexity index is 1460. The topological polar surface area (TPSA) is 106 Å². The zero-order valence-corrected chi connectivity index (χ0v) is 21.3. The summed E-state index contributed by atoms with van der Waals surface area (Å²) in [6.45, 7) is 8.89. The highest BCUT2D eigenvalue weighted by atomic mass is 16.5. The SMILES string of the molecule is CCNc1cc2oc3cc(=NCCC(=O)NC(C(=O)OC)C(C)C)c4ccccc4c-3nc2cc1C. The van der Waals surface area contributed by atoms with Crippen LogP contribution in [0.3, 0.4) is 0 Å². The lowest BCUT2D eigenvalue weighted by Gasteiger charge is -2.19. The molecule has 8 heteroatoms. The number of rotatable bonds is 8. The van der Waals surface area contributed by atoms with Gasteiger partial charge in [0, 0.05) is 48.1 Å². The molecule has 0 saturated heterocycles. The van der Waals surface area contributed by atoms with E-state index in [0.29, 0.717) is 11.3 Å². The summed E-state index contributed by atoms with van der Waals surface area (Å²) >= 11 is 0. The van der Waals surface area contributed by atoms with Gasteiger partial charge in [0.25, 0.3) is 0 Å². The van der Waals surface area contributed by atoms with Crippen molar-refractivity contribution < 1.29 is 18.7 Å². The number of aryl methyl sites for hydroxylation is 1. The van der Waals surface area contributed by atoms with Crippen LogP contribution in [0, 0.1) is 12.8 Å². The molecule has 2 N–H and O–H groups in total. The van der Waals surface area contributed by atoms with E-state index < -0.39 is 12.0 Å². The van der Waals surface area contributed by atoms with Crippen molar-refractivity contribution in [1.82, 2.24) is 10.3 Å². The summed E-state index contributed by atoms with van der Waals surface area (Å²) in [5.41, 5.74) is 4.36. The molecule has 1 unspecified atom stereocenters. The summed E-state index contributed by atoms with van der Waals surface area (Å²) in [4.78, 5) is 34.1. The first-order valence-corrected chi connectivity index (χ1v) is 12.2. The molecular formula is C28H32N4O4. The molecule has 0 bridgehead atoms. The van der Waals surface area contributed by atoms with E-state index in [1.54, 1.807) is 0 Å². The molecule has 36 heavy (non-hydrogen) atoms. The van der Waals surface area contributed by atoms with Crippen LogP contribution in [0.15, 0.2) is 51.9 Å². The van der Waals surface area contributed by atoms with Gasteiger partial charge in [0.15, 0.2) is 11.3 Å². The summed E-state index contributed by atoms with van der Waals surface area (Å²) < 4.78 is 11.1. The number of benzene rings is 3. The molecule has 1 atom stereocenters. The number of hydrogen-bond donors (Lipinski definition) is 2. The number of amides is 1. The molecule has 2 aliphatic rings. The monoisotopic (exact) mass is 488 g/mol. The minimum Gasteiger partial charge on any atom is -0.467 e. The summed E-state index contributed by atoms with van der Waals surface area (Å²) in [5, 5.41) is 8.70. The minimum atomic E-state index is -0.683. The highest BCUT2D eigenvalue weighted by Gasteiger charge is 2.24.